The number of nitrogens with one attached hydrogen (secondary N) is 1. The van der Waals surface area contributed by atoms with Gasteiger partial charge in [-0.15, -0.1) is 0 Å². The van der Waals surface area contributed by atoms with Gasteiger partial charge in [0.05, 0.1) is 0 Å². The van der Waals surface area contributed by atoms with Gasteiger partial charge < -0.3 is 10.2 Å². The molecule has 0 unspecified atom stereocenters. The predicted molar refractivity (Wildman–Crippen MR) is 60.6 cm³/mol. The van der Waals surface area contributed by atoms with E-state index in [1.54, 1.807) is 0 Å². The Labute approximate surface area is 92.2 Å². The van der Waals surface area contributed by atoms with Gasteiger partial charge in [-0.2, -0.15) is 0 Å². The second-order valence-corrected chi connectivity index (χ2v) is 5.07. The Morgan fingerprint density at radius 1 is 1.13 bits per heavy atom. The van der Waals surface area contributed by atoms with Crippen LogP contribution in [0, 0.1) is 5.92 Å². The summed E-state index contributed by atoms with van der Waals surface area (Å²) in [5.41, 5.74) is 0. The fourth-order valence-corrected chi connectivity index (χ4v) is 2.66. The Hall–Kier alpha value is -0.570. The molecule has 1 saturated heterocycles. The van der Waals surface area contributed by atoms with E-state index in [-0.39, 0.29) is 0 Å². The molecular weight excluding hydrogens is 188 g/mol. The Balaban J connectivity index is 1.74. The normalized spacial score (nSPS) is 25.7. The number of hydrogen-bond donors (Lipinski definition) is 1. The van der Waals surface area contributed by atoms with E-state index in [1.807, 2.05) is 0 Å². The van der Waals surface area contributed by atoms with Crippen molar-refractivity contribution in [2.45, 2.75) is 44.6 Å². The lowest BCUT2D eigenvalue weighted by atomic mass is 10.0. The first-order chi connectivity index (χ1) is 7.25. The molecule has 0 spiro atoms. The van der Waals surface area contributed by atoms with E-state index in [4.69, 9.17) is 0 Å². The van der Waals surface area contributed by atoms with E-state index in [1.165, 1.54) is 12.8 Å². The van der Waals surface area contributed by atoms with Crippen molar-refractivity contribution in [1.82, 2.24) is 10.2 Å². The molecule has 0 aromatic carbocycles. The van der Waals surface area contributed by atoms with Crippen molar-refractivity contribution in [3.8, 4) is 0 Å². The highest BCUT2D eigenvalue weighted by Gasteiger charge is 2.25. The van der Waals surface area contributed by atoms with Gasteiger partial charge in [-0.1, -0.05) is 12.8 Å². The Morgan fingerprint density at radius 3 is 2.33 bits per heavy atom. The number of amides is 1. The number of rotatable bonds is 2. The van der Waals surface area contributed by atoms with Gasteiger partial charge in [0.1, 0.15) is 0 Å². The van der Waals surface area contributed by atoms with E-state index in [9.17, 15) is 4.79 Å². The van der Waals surface area contributed by atoms with Crippen LogP contribution in [-0.2, 0) is 4.79 Å². The van der Waals surface area contributed by atoms with Crippen LogP contribution in [0.2, 0.25) is 0 Å². The molecule has 0 atom stereocenters. The lowest BCUT2D eigenvalue weighted by Gasteiger charge is -2.30. The SMILES string of the molecule is CN1CCC(NC(=O)C2CCCC2)CC1. The average Bonchev–Trinajstić information content (AvgIpc) is 2.74. The predicted octanol–water partition coefficient (Wildman–Crippen LogP) is 1.39. The molecule has 1 amide bonds. The van der Waals surface area contributed by atoms with Gasteiger partial charge in [0.2, 0.25) is 5.91 Å². The van der Waals surface area contributed by atoms with Crippen LogP contribution in [0.25, 0.3) is 0 Å². The third kappa shape index (κ3) is 2.94. The summed E-state index contributed by atoms with van der Waals surface area (Å²) in [6.07, 6.45) is 6.94. The molecule has 1 heterocycles. The molecule has 86 valence electrons. The molecule has 15 heavy (non-hydrogen) atoms. The van der Waals surface area contributed by atoms with Crippen molar-refractivity contribution < 1.29 is 4.79 Å². The van der Waals surface area contributed by atoms with Crippen molar-refractivity contribution in [3.05, 3.63) is 0 Å². The molecule has 2 rings (SSSR count). The minimum absolute atomic E-state index is 0.321. The summed E-state index contributed by atoms with van der Waals surface area (Å²) in [6.45, 7) is 2.24. The second-order valence-electron chi connectivity index (χ2n) is 5.07. The number of piperidine rings is 1. The van der Waals surface area contributed by atoms with Gasteiger partial charge >= 0.3 is 0 Å². The minimum atomic E-state index is 0.321. The van der Waals surface area contributed by atoms with E-state index in [0.29, 0.717) is 17.9 Å². The maximum Gasteiger partial charge on any atom is 0.223 e. The van der Waals surface area contributed by atoms with E-state index >= 15 is 0 Å². The molecular formula is C12H22N2O. The zero-order valence-corrected chi connectivity index (χ0v) is 9.67. The summed E-state index contributed by atoms with van der Waals surface area (Å²) in [4.78, 5) is 14.2. The molecule has 1 saturated carbocycles. The smallest absolute Gasteiger partial charge is 0.223 e. The van der Waals surface area contributed by atoms with Crippen LogP contribution in [0.1, 0.15) is 38.5 Å². The van der Waals surface area contributed by atoms with Crippen molar-refractivity contribution in [1.29, 1.82) is 0 Å². The van der Waals surface area contributed by atoms with Gasteiger partial charge in [0.15, 0.2) is 0 Å². The first-order valence-electron chi connectivity index (χ1n) is 6.24. The number of likely N-dealkylation sites (tertiary alicyclic amines) is 1. The zero-order valence-electron chi connectivity index (χ0n) is 9.67. The van der Waals surface area contributed by atoms with Crippen molar-refractivity contribution in [2.75, 3.05) is 20.1 Å². The topological polar surface area (TPSA) is 32.3 Å². The fourth-order valence-electron chi connectivity index (χ4n) is 2.66. The molecule has 3 heteroatoms. The van der Waals surface area contributed by atoms with E-state index < -0.39 is 0 Å². The van der Waals surface area contributed by atoms with Crippen LogP contribution in [-0.4, -0.2) is 37.0 Å². The zero-order chi connectivity index (χ0) is 10.7. The van der Waals surface area contributed by atoms with Gasteiger partial charge in [-0.05, 0) is 45.8 Å². The fraction of sp³-hybridized carbons (Fsp3) is 0.917. The van der Waals surface area contributed by atoms with E-state index in [0.717, 1.165) is 38.8 Å². The number of nitrogens with zero attached hydrogens (tertiary/aromatic N) is 1. The highest BCUT2D eigenvalue weighted by atomic mass is 16.1. The third-order valence-corrected chi connectivity index (χ3v) is 3.79. The van der Waals surface area contributed by atoms with Crippen LogP contribution < -0.4 is 5.32 Å². The molecule has 3 nitrogen and oxygen atoms in total. The molecule has 2 fully saturated rings. The lowest BCUT2D eigenvalue weighted by Crippen LogP contribution is -2.45. The van der Waals surface area contributed by atoms with Gasteiger partial charge in [-0.3, -0.25) is 4.79 Å². The summed E-state index contributed by atoms with van der Waals surface area (Å²) < 4.78 is 0. The lowest BCUT2D eigenvalue weighted by molar-refractivity contribution is -0.125. The molecule has 0 bridgehead atoms. The van der Waals surface area contributed by atoms with Crippen LogP contribution >= 0.6 is 0 Å². The highest BCUT2D eigenvalue weighted by Crippen LogP contribution is 2.25. The second kappa shape index (κ2) is 4.97. The quantitative estimate of drug-likeness (QED) is 0.747. The molecule has 0 aromatic heterocycles. The Morgan fingerprint density at radius 2 is 1.73 bits per heavy atom. The largest absolute Gasteiger partial charge is 0.353 e. The van der Waals surface area contributed by atoms with Crippen molar-refractivity contribution >= 4 is 5.91 Å². The summed E-state index contributed by atoms with van der Waals surface area (Å²) in [7, 11) is 2.15. The van der Waals surface area contributed by atoms with Crippen LogP contribution in [0.3, 0.4) is 0 Å². The van der Waals surface area contributed by atoms with Crippen LogP contribution in [0.4, 0.5) is 0 Å². The Bertz CT molecular complexity index is 216. The molecule has 0 radical (unpaired) electrons. The summed E-state index contributed by atoms with van der Waals surface area (Å²) >= 11 is 0. The maximum absolute atomic E-state index is 11.9. The highest BCUT2D eigenvalue weighted by molar-refractivity contribution is 5.79. The van der Waals surface area contributed by atoms with Gasteiger partial charge in [-0.25, -0.2) is 0 Å². The molecule has 1 aliphatic heterocycles. The van der Waals surface area contributed by atoms with Gasteiger partial charge in [0, 0.05) is 12.0 Å². The summed E-state index contributed by atoms with van der Waals surface area (Å²) in [5.74, 6) is 0.645. The monoisotopic (exact) mass is 210 g/mol. The molecule has 1 aliphatic carbocycles. The summed E-state index contributed by atoms with van der Waals surface area (Å²) in [5, 5.41) is 3.22. The minimum Gasteiger partial charge on any atom is -0.353 e. The molecule has 2 aliphatic rings. The number of carbonyl (C=O) groups excluding carboxylic acids is 1. The van der Waals surface area contributed by atoms with Crippen molar-refractivity contribution in [2.24, 2.45) is 5.92 Å². The van der Waals surface area contributed by atoms with Crippen molar-refractivity contribution in [3.63, 3.8) is 0 Å². The van der Waals surface area contributed by atoms with E-state index in [2.05, 4.69) is 17.3 Å². The number of hydrogen-bond acceptors (Lipinski definition) is 2. The first-order valence-corrected chi connectivity index (χ1v) is 6.24. The summed E-state index contributed by atoms with van der Waals surface area (Å²) in [6, 6.07) is 0.439. The molecule has 0 aromatic rings. The standard InChI is InChI=1S/C12H22N2O/c1-14-8-6-11(7-9-14)13-12(15)10-4-2-3-5-10/h10-11H,2-9H2,1H3,(H,13,15). The Kier molecular flexibility index (Phi) is 3.62. The maximum atomic E-state index is 11.9. The number of carbonyl (C=O) groups is 1. The average molecular weight is 210 g/mol. The van der Waals surface area contributed by atoms with Gasteiger partial charge in [0.25, 0.3) is 0 Å². The first kappa shape index (κ1) is 10.9. The third-order valence-electron chi connectivity index (χ3n) is 3.79. The van der Waals surface area contributed by atoms with Crippen LogP contribution in [0.15, 0.2) is 0 Å². The van der Waals surface area contributed by atoms with Crippen LogP contribution in [0.5, 0.6) is 0 Å². The molecule has 1 N–H and O–H groups in total.